The molecular formula is C15H22N4S2. The summed E-state index contributed by atoms with van der Waals surface area (Å²) in [4.78, 5) is 4.56. The van der Waals surface area contributed by atoms with Gasteiger partial charge in [0, 0.05) is 11.4 Å². The van der Waals surface area contributed by atoms with Gasteiger partial charge in [-0.05, 0) is 43.1 Å². The molecule has 0 aromatic carbocycles. The maximum atomic E-state index is 6.07. The molecule has 21 heavy (non-hydrogen) atoms. The average molecular weight is 323 g/mol. The average Bonchev–Trinajstić information content (AvgIpc) is 3.12. The lowest BCUT2D eigenvalue weighted by molar-refractivity contribution is 0.392. The summed E-state index contributed by atoms with van der Waals surface area (Å²) < 4.78 is 4.33. The Morgan fingerprint density at radius 3 is 2.86 bits per heavy atom. The fraction of sp³-hybridized carbons (Fsp3) is 0.600. The first kappa shape index (κ1) is 14.8. The molecule has 1 aliphatic rings. The molecule has 0 spiro atoms. The standard InChI is InChI=1S/C15H22N4S2/c1-4-10-5-6-11(8(10)2)18-15-13(14(16)19-21-15)12-7-20-9(3)17-12/h7-8,10-11,18H,4-6H2,1-3H3,(H2,16,19). The van der Waals surface area contributed by atoms with Gasteiger partial charge in [0.05, 0.1) is 16.3 Å². The third-order valence-corrected chi connectivity index (χ3v) is 6.23. The van der Waals surface area contributed by atoms with E-state index in [0.717, 1.165) is 27.2 Å². The molecule has 1 saturated carbocycles. The SMILES string of the molecule is CCC1CCC(Nc2snc(N)c2-c2csc(C)n2)C1C. The number of nitrogens with zero attached hydrogens (tertiary/aromatic N) is 2. The Bertz CT molecular complexity index is 619. The van der Waals surface area contributed by atoms with E-state index >= 15 is 0 Å². The van der Waals surface area contributed by atoms with Crippen molar-refractivity contribution < 1.29 is 0 Å². The lowest BCUT2D eigenvalue weighted by atomic mass is 9.93. The van der Waals surface area contributed by atoms with Crippen molar-refractivity contribution >= 4 is 33.7 Å². The normalized spacial score (nSPS) is 25.4. The van der Waals surface area contributed by atoms with Gasteiger partial charge in [-0.15, -0.1) is 11.3 Å². The summed E-state index contributed by atoms with van der Waals surface area (Å²) >= 11 is 3.11. The molecular weight excluding hydrogens is 300 g/mol. The van der Waals surface area contributed by atoms with Crippen molar-refractivity contribution in [2.75, 3.05) is 11.1 Å². The molecule has 6 heteroatoms. The summed E-state index contributed by atoms with van der Waals surface area (Å²) in [7, 11) is 0. The number of nitrogens with two attached hydrogens (primary N) is 1. The van der Waals surface area contributed by atoms with Gasteiger partial charge in [0.2, 0.25) is 0 Å². The van der Waals surface area contributed by atoms with Gasteiger partial charge in [0.25, 0.3) is 0 Å². The van der Waals surface area contributed by atoms with Crippen molar-refractivity contribution in [3.63, 3.8) is 0 Å². The Morgan fingerprint density at radius 1 is 1.43 bits per heavy atom. The Morgan fingerprint density at radius 2 is 2.24 bits per heavy atom. The van der Waals surface area contributed by atoms with Crippen molar-refractivity contribution in [3.8, 4) is 11.3 Å². The number of nitrogens with one attached hydrogen (secondary N) is 1. The monoisotopic (exact) mass is 322 g/mol. The molecule has 2 aromatic heterocycles. The van der Waals surface area contributed by atoms with Crippen LogP contribution in [0.2, 0.25) is 0 Å². The number of aromatic nitrogens is 2. The smallest absolute Gasteiger partial charge is 0.148 e. The van der Waals surface area contributed by atoms with Gasteiger partial charge in [0.15, 0.2) is 0 Å². The summed E-state index contributed by atoms with van der Waals surface area (Å²) in [6, 6.07) is 0.522. The van der Waals surface area contributed by atoms with Crippen molar-refractivity contribution in [2.24, 2.45) is 11.8 Å². The van der Waals surface area contributed by atoms with Gasteiger partial charge in [-0.1, -0.05) is 20.3 Å². The minimum Gasteiger partial charge on any atom is -0.382 e. The second-order valence-electron chi connectivity index (χ2n) is 5.88. The van der Waals surface area contributed by atoms with E-state index in [4.69, 9.17) is 5.73 Å². The molecule has 114 valence electrons. The van der Waals surface area contributed by atoms with Gasteiger partial charge < -0.3 is 11.1 Å². The molecule has 0 radical (unpaired) electrons. The minimum absolute atomic E-state index is 0.522. The van der Waals surface area contributed by atoms with E-state index in [1.54, 1.807) is 11.3 Å². The maximum Gasteiger partial charge on any atom is 0.148 e. The second-order valence-corrected chi connectivity index (χ2v) is 7.71. The molecule has 0 amide bonds. The van der Waals surface area contributed by atoms with E-state index < -0.39 is 0 Å². The van der Waals surface area contributed by atoms with Gasteiger partial charge >= 0.3 is 0 Å². The molecule has 0 bridgehead atoms. The number of hydrogen-bond acceptors (Lipinski definition) is 6. The van der Waals surface area contributed by atoms with Crippen LogP contribution in [0, 0.1) is 18.8 Å². The van der Waals surface area contributed by atoms with Crippen LogP contribution >= 0.6 is 22.9 Å². The predicted octanol–water partition coefficient (Wildman–Crippen LogP) is 4.39. The van der Waals surface area contributed by atoms with Crippen LogP contribution in [0.1, 0.15) is 38.1 Å². The number of aryl methyl sites for hydroxylation is 1. The topological polar surface area (TPSA) is 63.8 Å². The zero-order valence-electron chi connectivity index (χ0n) is 12.7. The van der Waals surface area contributed by atoms with E-state index in [1.807, 2.05) is 6.92 Å². The summed E-state index contributed by atoms with van der Waals surface area (Å²) in [6.07, 6.45) is 3.81. The molecule has 2 heterocycles. The van der Waals surface area contributed by atoms with E-state index in [-0.39, 0.29) is 0 Å². The molecule has 1 aliphatic carbocycles. The van der Waals surface area contributed by atoms with E-state index in [1.165, 1.54) is 30.8 Å². The highest BCUT2D eigenvalue weighted by Gasteiger charge is 2.32. The van der Waals surface area contributed by atoms with Crippen molar-refractivity contribution in [3.05, 3.63) is 10.4 Å². The highest BCUT2D eigenvalue weighted by molar-refractivity contribution is 7.11. The summed E-state index contributed by atoms with van der Waals surface area (Å²) in [5.74, 6) is 2.12. The van der Waals surface area contributed by atoms with Crippen molar-refractivity contribution in [2.45, 2.75) is 46.1 Å². The predicted molar refractivity (Wildman–Crippen MR) is 92.0 cm³/mol. The second kappa shape index (κ2) is 5.93. The molecule has 4 nitrogen and oxygen atoms in total. The Balaban J connectivity index is 1.84. The highest BCUT2D eigenvalue weighted by atomic mass is 32.1. The molecule has 3 rings (SSSR count). The first-order chi connectivity index (χ1) is 10.1. The number of thiazole rings is 1. The van der Waals surface area contributed by atoms with Crippen LogP contribution in [-0.4, -0.2) is 15.4 Å². The van der Waals surface area contributed by atoms with Gasteiger partial charge in [0.1, 0.15) is 10.8 Å². The zero-order valence-corrected chi connectivity index (χ0v) is 14.4. The number of nitrogen functional groups attached to an aromatic ring is 1. The molecule has 3 unspecified atom stereocenters. The van der Waals surface area contributed by atoms with Crippen LogP contribution in [0.5, 0.6) is 0 Å². The molecule has 1 fully saturated rings. The lowest BCUT2D eigenvalue weighted by Gasteiger charge is -2.21. The molecule has 0 aliphatic heterocycles. The van der Waals surface area contributed by atoms with Gasteiger partial charge in [-0.3, -0.25) is 0 Å². The van der Waals surface area contributed by atoms with Gasteiger partial charge in [-0.2, -0.15) is 4.37 Å². The Labute approximate surface area is 134 Å². The van der Waals surface area contributed by atoms with Crippen LogP contribution in [-0.2, 0) is 0 Å². The first-order valence-electron chi connectivity index (χ1n) is 7.54. The van der Waals surface area contributed by atoms with E-state index in [9.17, 15) is 0 Å². The van der Waals surface area contributed by atoms with Crippen molar-refractivity contribution in [1.82, 2.24) is 9.36 Å². The van der Waals surface area contributed by atoms with Crippen LogP contribution in [0.25, 0.3) is 11.3 Å². The summed E-state index contributed by atoms with van der Waals surface area (Å²) in [5.41, 5.74) is 8.00. The summed E-state index contributed by atoms with van der Waals surface area (Å²) in [6.45, 7) is 6.66. The largest absolute Gasteiger partial charge is 0.382 e. The minimum atomic E-state index is 0.522. The van der Waals surface area contributed by atoms with Gasteiger partial charge in [-0.25, -0.2) is 4.98 Å². The van der Waals surface area contributed by atoms with Crippen LogP contribution < -0.4 is 11.1 Å². The lowest BCUT2D eigenvalue weighted by Crippen LogP contribution is -2.24. The Hall–Kier alpha value is -1.14. The third kappa shape index (κ3) is 2.79. The van der Waals surface area contributed by atoms with Crippen LogP contribution in [0.4, 0.5) is 10.8 Å². The number of rotatable bonds is 4. The quantitative estimate of drug-likeness (QED) is 0.876. The fourth-order valence-corrected chi connectivity index (χ4v) is 4.71. The molecule has 3 atom stereocenters. The Kier molecular flexibility index (Phi) is 4.17. The van der Waals surface area contributed by atoms with Crippen molar-refractivity contribution in [1.29, 1.82) is 0 Å². The number of hydrogen-bond donors (Lipinski definition) is 2. The maximum absolute atomic E-state index is 6.07. The molecule has 2 aromatic rings. The van der Waals surface area contributed by atoms with Crippen LogP contribution in [0.15, 0.2) is 5.38 Å². The molecule has 3 N–H and O–H groups in total. The van der Waals surface area contributed by atoms with E-state index in [0.29, 0.717) is 17.8 Å². The highest BCUT2D eigenvalue weighted by Crippen LogP contribution is 2.41. The third-order valence-electron chi connectivity index (χ3n) is 4.66. The molecule has 0 saturated heterocycles. The van der Waals surface area contributed by atoms with E-state index in [2.05, 4.69) is 33.9 Å². The number of anilines is 2. The first-order valence-corrected chi connectivity index (χ1v) is 9.19. The fourth-order valence-electron chi connectivity index (χ4n) is 3.32. The zero-order chi connectivity index (χ0) is 15.0. The summed E-state index contributed by atoms with van der Waals surface area (Å²) in [5, 5.41) is 7.89. The van der Waals surface area contributed by atoms with Crippen LogP contribution in [0.3, 0.4) is 0 Å².